The number of alkyl halides is 1. The third-order valence-electron chi connectivity index (χ3n) is 3.20. The summed E-state index contributed by atoms with van der Waals surface area (Å²) in [4.78, 5) is 6.77. The van der Waals surface area contributed by atoms with Gasteiger partial charge in [-0.25, -0.2) is 4.98 Å². The highest BCUT2D eigenvalue weighted by molar-refractivity contribution is 9.10. The molecule has 0 bridgehead atoms. The molecule has 3 rings (SSSR count). The largest absolute Gasteiger partial charge is 0.326 e. The Kier molecular flexibility index (Phi) is 3.27. The Morgan fingerprint density at radius 3 is 3.00 bits per heavy atom. The van der Waals surface area contributed by atoms with Crippen molar-refractivity contribution in [3.8, 4) is 0 Å². The molecule has 2 heterocycles. The average molecular weight is 324 g/mol. The van der Waals surface area contributed by atoms with Crippen LogP contribution in [0.4, 0.5) is 11.5 Å². The maximum Gasteiger partial charge on any atom is 0.137 e. The van der Waals surface area contributed by atoms with E-state index in [-0.39, 0.29) is 0 Å². The van der Waals surface area contributed by atoms with Gasteiger partial charge in [0.05, 0.1) is 5.88 Å². The van der Waals surface area contributed by atoms with Gasteiger partial charge in [-0.3, -0.25) is 0 Å². The van der Waals surface area contributed by atoms with Gasteiger partial charge in [0, 0.05) is 28.5 Å². The monoisotopic (exact) mass is 322 g/mol. The van der Waals surface area contributed by atoms with Crippen LogP contribution in [0.25, 0.3) is 0 Å². The minimum absolute atomic E-state index is 0.473. The molecular formula is C14H12BrClN2. The first kappa shape index (κ1) is 12.0. The van der Waals surface area contributed by atoms with Crippen molar-refractivity contribution in [2.24, 2.45) is 0 Å². The Labute approximate surface area is 120 Å². The Hall–Kier alpha value is -1.06. The summed E-state index contributed by atoms with van der Waals surface area (Å²) in [5.74, 6) is 1.44. The highest BCUT2D eigenvalue weighted by Crippen LogP contribution is 2.35. The van der Waals surface area contributed by atoms with Crippen LogP contribution < -0.4 is 4.90 Å². The lowest BCUT2D eigenvalue weighted by molar-refractivity contribution is 0.963. The predicted octanol–water partition coefficient (Wildman–Crippen LogP) is 4.28. The van der Waals surface area contributed by atoms with Crippen LogP contribution in [0.15, 0.2) is 41.0 Å². The van der Waals surface area contributed by atoms with Crippen molar-refractivity contribution in [3.63, 3.8) is 0 Å². The molecule has 0 saturated heterocycles. The number of para-hydroxylation sites is 1. The molecule has 0 spiro atoms. The van der Waals surface area contributed by atoms with Crippen molar-refractivity contribution in [1.82, 2.24) is 4.98 Å². The second kappa shape index (κ2) is 4.90. The van der Waals surface area contributed by atoms with Gasteiger partial charge in [-0.05, 0) is 40.0 Å². The summed E-state index contributed by atoms with van der Waals surface area (Å²) in [6, 6.07) is 10.5. The van der Waals surface area contributed by atoms with Crippen molar-refractivity contribution in [1.29, 1.82) is 0 Å². The van der Waals surface area contributed by atoms with E-state index in [4.69, 9.17) is 11.6 Å². The average Bonchev–Trinajstić information content (AvgIpc) is 2.82. The Bertz CT molecular complexity index is 586. The van der Waals surface area contributed by atoms with E-state index in [0.717, 1.165) is 28.8 Å². The number of anilines is 2. The molecule has 1 aliphatic rings. The van der Waals surface area contributed by atoms with E-state index in [1.165, 1.54) is 11.3 Å². The summed E-state index contributed by atoms with van der Waals surface area (Å²) in [5.41, 5.74) is 3.68. The fourth-order valence-electron chi connectivity index (χ4n) is 2.37. The van der Waals surface area contributed by atoms with Crippen LogP contribution in [0.5, 0.6) is 0 Å². The lowest BCUT2D eigenvalue weighted by Gasteiger charge is -2.20. The normalized spacial score (nSPS) is 13.8. The topological polar surface area (TPSA) is 16.1 Å². The van der Waals surface area contributed by atoms with Crippen LogP contribution in [0.2, 0.25) is 0 Å². The molecule has 2 nitrogen and oxygen atoms in total. The molecule has 0 saturated carbocycles. The van der Waals surface area contributed by atoms with Gasteiger partial charge in [0.2, 0.25) is 0 Å². The van der Waals surface area contributed by atoms with Gasteiger partial charge in [-0.2, -0.15) is 0 Å². The molecule has 1 aromatic carbocycles. The van der Waals surface area contributed by atoms with E-state index < -0.39 is 0 Å². The van der Waals surface area contributed by atoms with E-state index in [1.807, 2.05) is 12.3 Å². The molecule has 0 amide bonds. The van der Waals surface area contributed by atoms with Crippen molar-refractivity contribution in [2.45, 2.75) is 12.3 Å². The molecule has 92 valence electrons. The first-order valence-corrected chi connectivity index (χ1v) is 7.18. The molecule has 1 aromatic heterocycles. The number of aromatic nitrogens is 1. The van der Waals surface area contributed by atoms with E-state index in [0.29, 0.717) is 5.88 Å². The van der Waals surface area contributed by atoms with Gasteiger partial charge in [-0.15, -0.1) is 11.6 Å². The number of nitrogens with zero attached hydrogens (tertiary/aromatic N) is 2. The Morgan fingerprint density at radius 2 is 2.17 bits per heavy atom. The molecule has 0 aliphatic carbocycles. The fraction of sp³-hybridized carbons (Fsp3) is 0.214. The fourth-order valence-corrected chi connectivity index (χ4v) is 2.95. The van der Waals surface area contributed by atoms with Crippen LogP contribution in [-0.2, 0) is 12.3 Å². The number of hydrogen-bond donors (Lipinski definition) is 0. The highest BCUT2D eigenvalue weighted by Gasteiger charge is 2.22. The number of rotatable bonds is 2. The maximum atomic E-state index is 6.02. The summed E-state index contributed by atoms with van der Waals surface area (Å²) >= 11 is 9.46. The van der Waals surface area contributed by atoms with Crippen LogP contribution >= 0.6 is 27.5 Å². The van der Waals surface area contributed by atoms with E-state index >= 15 is 0 Å². The van der Waals surface area contributed by atoms with Gasteiger partial charge in [0.15, 0.2) is 0 Å². The quantitative estimate of drug-likeness (QED) is 0.767. The highest BCUT2D eigenvalue weighted by atomic mass is 79.9. The van der Waals surface area contributed by atoms with Crippen LogP contribution in [0.3, 0.4) is 0 Å². The summed E-state index contributed by atoms with van der Waals surface area (Å²) in [6.45, 7) is 0.970. The molecule has 0 N–H and O–H groups in total. The molecular weight excluding hydrogens is 312 g/mol. The summed E-state index contributed by atoms with van der Waals surface area (Å²) in [5, 5.41) is 0. The third kappa shape index (κ3) is 2.02. The first-order valence-electron chi connectivity index (χ1n) is 5.85. The van der Waals surface area contributed by atoms with Crippen molar-refractivity contribution >= 4 is 39.0 Å². The number of benzene rings is 1. The van der Waals surface area contributed by atoms with Gasteiger partial charge < -0.3 is 4.90 Å². The second-order valence-electron chi connectivity index (χ2n) is 4.30. The summed E-state index contributed by atoms with van der Waals surface area (Å²) in [6.07, 6.45) is 2.89. The van der Waals surface area contributed by atoms with Crippen molar-refractivity contribution in [3.05, 3.63) is 52.1 Å². The van der Waals surface area contributed by atoms with Crippen LogP contribution in [0, 0.1) is 0 Å². The van der Waals surface area contributed by atoms with Crippen LogP contribution in [0.1, 0.15) is 11.1 Å². The zero-order valence-electron chi connectivity index (χ0n) is 9.74. The van der Waals surface area contributed by atoms with Crippen LogP contribution in [-0.4, -0.2) is 11.5 Å². The number of halogens is 2. The SMILES string of the molecule is ClCc1cc(Br)cnc1N1CCc2ccccc21. The standard InChI is InChI=1S/C14H12BrClN2/c15-12-7-11(8-16)14(17-9-12)18-6-5-10-3-1-2-4-13(10)18/h1-4,7,9H,5-6,8H2. The van der Waals surface area contributed by atoms with E-state index in [2.05, 4.69) is 50.1 Å². The molecule has 0 radical (unpaired) electrons. The van der Waals surface area contributed by atoms with Gasteiger partial charge in [0.1, 0.15) is 5.82 Å². The summed E-state index contributed by atoms with van der Waals surface area (Å²) in [7, 11) is 0. The molecule has 1 aliphatic heterocycles. The van der Waals surface area contributed by atoms with Gasteiger partial charge in [0.25, 0.3) is 0 Å². The molecule has 18 heavy (non-hydrogen) atoms. The number of pyridine rings is 1. The smallest absolute Gasteiger partial charge is 0.137 e. The van der Waals surface area contributed by atoms with Gasteiger partial charge in [-0.1, -0.05) is 18.2 Å². The predicted molar refractivity (Wildman–Crippen MR) is 78.6 cm³/mol. The maximum absolute atomic E-state index is 6.02. The molecule has 2 aromatic rings. The van der Waals surface area contributed by atoms with E-state index in [1.54, 1.807) is 0 Å². The molecule has 0 unspecified atom stereocenters. The third-order valence-corrected chi connectivity index (χ3v) is 3.92. The van der Waals surface area contributed by atoms with E-state index in [9.17, 15) is 0 Å². The lowest BCUT2D eigenvalue weighted by Crippen LogP contribution is -2.16. The minimum Gasteiger partial charge on any atom is -0.326 e. The minimum atomic E-state index is 0.473. The molecule has 4 heteroatoms. The number of hydrogen-bond acceptors (Lipinski definition) is 2. The second-order valence-corrected chi connectivity index (χ2v) is 5.48. The zero-order valence-corrected chi connectivity index (χ0v) is 12.1. The molecule has 0 fully saturated rings. The van der Waals surface area contributed by atoms with Crippen molar-refractivity contribution < 1.29 is 0 Å². The van der Waals surface area contributed by atoms with Crippen molar-refractivity contribution in [2.75, 3.05) is 11.4 Å². The Balaban J connectivity index is 2.07. The first-order chi connectivity index (χ1) is 8.79. The Morgan fingerprint density at radius 1 is 1.33 bits per heavy atom. The molecule has 0 atom stereocenters. The summed E-state index contributed by atoms with van der Waals surface area (Å²) < 4.78 is 0.967. The zero-order chi connectivity index (χ0) is 12.5. The number of fused-ring (bicyclic) bond motifs is 1. The lowest BCUT2D eigenvalue weighted by atomic mass is 10.2. The van der Waals surface area contributed by atoms with Gasteiger partial charge >= 0.3 is 0 Å².